The molecule has 1 aromatic heterocycles. The average Bonchev–Trinajstić information content (AvgIpc) is 2.98. The van der Waals surface area contributed by atoms with Crippen LogP contribution in [0.4, 0.5) is 4.79 Å². The van der Waals surface area contributed by atoms with Crippen molar-refractivity contribution in [2.45, 2.75) is 25.4 Å². The molecule has 1 aliphatic heterocycles. The zero-order chi connectivity index (χ0) is 16.9. The number of carbonyl (C=O) groups is 1. The van der Waals surface area contributed by atoms with Crippen LogP contribution in [0.3, 0.4) is 0 Å². The number of rotatable bonds is 5. The molecule has 1 aliphatic rings. The molecule has 6 heteroatoms. The standard InChI is InChI=1S/C18H25N3O3/c1-21(2)11-8-13-12-20-15-4-3-5-16(17(13)15)24-18(22)23-14-6-9-19-10-7-14/h3-5,12,14,19-20H,6-11H2,1-2H3. The lowest BCUT2D eigenvalue weighted by atomic mass is 10.1. The van der Waals surface area contributed by atoms with E-state index in [0.29, 0.717) is 5.75 Å². The molecule has 1 fully saturated rings. The molecule has 0 aliphatic carbocycles. The molecule has 130 valence electrons. The average molecular weight is 331 g/mol. The number of carbonyl (C=O) groups excluding carboxylic acids is 1. The van der Waals surface area contributed by atoms with Gasteiger partial charge in [0.25, 0.3) is 0 Å². The molecule has 2 heterocycles. The summed E-state index contributed by atoms with van der Waals surface area (Å²) in [5, 5.41) is 4.21. The van der Waals surface area contributed by atoms with Crippen LogP contribution in [-0.2, 0) is 11.2 Å². The number of piperidine rings is 1. The van der Waals surface area contributed by atoms with Crippen molar-refractivity contribution in [3.05, 3.63) is 30.0 Å². The molecule has 0 unspecified atom stereocenters. The molecule has 24 heavy (non-hydrogen) atoms. The number of fused-ring (bicyclic) bond motifs is 1. The first-order chi connectivity index (χ1) is 11.6. The Kier molecular flexibility index (Phi) is 5.37. The molecule has 0 amide bonds. The van der Waals surface area contributed by atoms with Crippen molar-refractivity contribution >= 4 is 17.1 Å². The third kappa shape index (κ3) is 4.07. The number of nitrogens with zero attached hydrogens (tertiary/aromatic N) is 1. The summed E-state index contributed by atoms with van der Waals surface area (Å²) in [6.45, 7) is 2.68. The van der Waals surface area contributed by atoms with E-state index < -0.39 is 6.16 Å². The normalized spacial score (nSPS) is 15.8. The topological polar surface area (TPSA) is 66.6 Å². The monoisotopic (exact) mass is 331 g/mol. The summed E-state index contributed by atoms with van der Waals surface area (Å²) in [7, 11) is 4.09. The smallest absolute Gasteiger partial charge is 0.431 e. The lowest BCUT2D eigenvalue weighted by molar-refractivity contribution is 0.0452. The summed E-state index contributed by atoms with van der Waals surface area (Å²) in [6.07, 6.45) is 3.86. The molecule has 0 atom stereocenters. The van der Waals surface area contributed by atoms with Crippen LogP contribution < -0.4 is 10.1 Å². The summed E-state index contributed by atoms with van der Waals surface area (Å²) in [6, 6.07) is 5.68. The Balaban J connectivity index is 1.73. The Bertz CT molecular complexity index is 690. The molecule has 0 bridgehead atoms. The number of nitrogens with one attached hydrogen (secondary N) is 2. The second kappa shape index (κ2) is 7.68. The van der Waals surface area contributed by atoms with Crippen molar-refractivity contribution in [3.63, 3.8) is 0 Å². The maximum atomic E-state index is 12.1. The second-order valence-electron chi connectivity index (χ2n) is 6.47. The number of likely N-dealkylation sites (N-methyl/N-ethyl adjacent to an activating group) is 1. The van der Waals surface area contributed by atoms with Crippen LogP contribution in [0.15, 0.2) is 24.4 Å². The first-order valence-electron chi connectivity index (χ1n) is 8.46. The Labute approximate surface area is 142 Å². The van der Waals surface area contributed by atoms with Crippen LogP contribution >= 0.6 is 0 Å². The fourth-order valence-corrected chi connectivity index (χ4v) is 3.01. The van der Waals surface area contributed by atoms with E-state index in [1.54, 1.807) is 0 Å². The van der Waals surface area contributed by atoms with Crippen LogP contribution in [0, 0.1) is 0 Å². The van der Waals surface area contributed by atoms with E-state index in [1.165, 1.54) is 0 Å². The van der Waals surface area contributed by atoms with Crippen LogP contribution in [0.1, 0.15) is 18.4 Å². The predicted molar refractivity (Wildman–Crippen MR) is 93.6 cm³/mol. The van der Waals surface area contributed by atoms with Crippen molar-refractivity contribution in [1.82, 2.24) is 15.2 Å². The molecule has 6 nitrogen and oxygen atoms in total. The largest absolute Gasteiger partial charge is 0.514 e. The molecule has 3 rings (SSSR count). The highest BCUT2D eigenvalue weighted by molar-refractivity contribution is 5.90. The zero-order valence-electron chi connectivity index (χ0n) is 14.3. The fourth-order valence-electron chi connectivity index (χ4n) is 3.01. The van der Waals surface area contributed by atoms with Gasteiger partial charge in [-0.25, -0.2) is 4.79 Å². The fraction of sp³-hybridized carbons (Fsp3) is 0.500. The molecular formula is C18H25N3O3. The highest BCUT2D eigenvalue weighted by Crippen LogP contribution is 2.29. The quantitative estimate of drug-likeness (QED) is 0.651. The number of aromatic nitrogens is 1. The summed E-state index contributed by atoms with van der Waals surface area (Å²) in [5.74, 6) is 0.557. The highest BCUT2D eigenvalue weighted by Gasteiger charge is 2.20. The van der Waals surface area contributed by atoms with Gasteiger partial charge in [0, 0.05) is 23.6 Å². The summed E-state index contributed by atoms with van der Waals surface area (Å²) >= 11 is 0. The van der Waals surface area contributed by atoms with E-state index >= 15 is 0 Å². The summed E-state index contributed by atoms with van der Waals surface area (Å²) < 4.78 is 11.0. The first-order valence-corrected chi connectivity index (χ1v) is 8.46. The number of hydrogen-bond donors (Lipinski definition) is 2. The molecule has 0 saturated carbocycles. The van der Waals surface area contributed by atoms with Gasteiger partial charge in [-0.1, -0.05) is 6.07 Å². The lowest BCUT2D eigenvalue weighted by Gasteiger charge is -2.22. The molecule has 2 N–H and O–H groups in total. The van der Waals surface area contributed by atoms with Gasteiger partial charge in [-0.2, -0.15) is 0 Å². The van der Waals surface area contributed by atoms with Crippen LogP contribution in [0.2, 0.25) is 0 Å². The van der Waals surface area contributed by atoms with Gasteiger partial charge in [0.15, 0.2) is 0 Å². The zero-order valence-corrected chi connectivity index (χ0v) is 14.3. The third-order valence-electron chi connectivity index (χ3n) is 4.32. The minimum Gasteiger partial charge on any atom is -0.431 e. The van der Waals surface area contributed by atoms with E-state index in [1.807, 2.05) is 38.5 Å². The van der Waals surface area contributed by atoms with Gasteiger partial charge in [-0.05, 0) is 64.1 Å². The van der Waals surface area contributed by atoms with Crippen molar-refractivity contribution < 1.29 is 14.3 Å². The molecule has 0 spiro atoms. The molecular weight excluding hydrogens is 306 g/mol. The van der Waals surface area contributed by atoms with Gasteiger partial charge in [0.1, 0.15) is 11.9 Å². The van der Waals surface area contributed by atoms with Crippen LogP contribution in [0.25, 0.3) is 10.9 Å². The van der Waals surface area contributed by atoms with Gasteiger partial charge in [-0.3, -0.25) is 0 Å². The molecule has 0 radical (unpaired) electrons. The van der Waals surface area contributed by atoms with Crippen molar-refractivity contribution in [3.8, 4) is 5.75 Å². The third-order valence-corrected chi connectivity index (χ3v) is 4.32. The molecule has 1 aromatic carbocycles. The highest BCUT2D eigenvalue weighted by atomic mass is 16.7. The second-order valence-corrected chi connectivity index (χ2v) is 6.47. The van der Waals surface area contributed by atoms with E-state index in [2.05, 4.69) is 15.2 Å². The van der Waals surface area contributed by atoms with E-state index in [0.717, 1.165) is 55.4 Å². The lowest BCUT2D eigenvalue weighted by Crippen LogP contribution is -2.34. The van der Waals surface area contributed by atoms with E-state index in [4.69, 9.17) is 9.47 Å². The number of aromatic amines is 1. The summed E-state index contributed by atoms with van der Waals surface area (Å²) in [4.78, 5) is 17.5. The SMILES string of the molecule is CN(C)CCc1c[nH]c2cccc(OC(=O)OC3CCNCC3)c12. The molecule has 1 saturated heterocycles. The maximum Gasteiger partial charge on any atom is 0.514 e. The van der Waals surface area contributed by atoms with Gasteiger partial charge >= 0.3 is 6.16 Å². The molecule has 2 aromatic rings. The maximum absolute atomic E-state index is 12.1. The minimum absolute atomic E-state index is 0.0580. The van der Waals surface area contributed by atoms with Crippen LogP contribution in [0.5, 0.6) is 5.75 Å². The van der Waals surface area contributed by atoms with Crippen molar-refractivity contribution in [1.29, 1.82) is 0 Å². The van der Waals surface area contributed by atoms with Gasteiger partial charge < -0.3 is 24.7 Å². The Morgan fingerprint density at radius 1 is 1.29 bits per heavy atom. The summed E-state index contributed by atoms with van der Waals surface area (Å²) in [5.41, 5.74) is 2.11. The Morgan fingerprint density at radius 3 is 2.83 bits per heavy atom. The van der Waals surface area contributed by atoms with Gasteiger partial charge in [0.2, 0.25) is 0 Å². The minimum atomic E-state index is -0.617. The van der Waals surface area contributed by atoms with Crippen molar-refractivity contribution in [2.75, 3.05) is 33.7 Å². The van der Waals surface area contributed by atoms with E-state index in [-0.39, 0.29) is 6.10 Å². The number of benzene rings is 1. The Morgan fingerprint density at radius 2 is 2.08 bits per heavy atom. The van der Waals surface area contributed by atoms with Crippen LogP contribution in [-0.4, -0.2) is 55.9 Å². The van der Waals surface area contributed by atoms with Gasteiger partial charge in [-0.15, -0.1) is 0 Å². The predicted octanol–water partition coefficient (Wildman–Crippen LogP) is 2.54. The Hall–Kier alpha value is -2.05. The number of H-pyrrole nitrogens is 1. The number of ether oxygens (including phenoxy) is 2. The van der Waals surface area contributed by atoms with Gasteiger partial charge in [0.05, 0.1) is 0 Å². The van der Waals surface area contributed by atoms with E-state index in [9.17, 15) is 4.79 Å². The van der Waals surface area contributed by atoms with Crippen molar-refractivity contribution in [2.24, 2.45) is 0 Å². The first kappa shape index (κ1) is 16.8. The number of hydrogen-bond acceptors (Lipinski definition) is 5.